The molecule has 0 radical (unpaired) electrons. The number of rotatable bonds is 1. The lowest BCUT2D eigenvalue weighted by Crippen LogP contribution is -2.71. The van der Waals surface area contributed by atoms with Crippen LogP contribution in [0, 0.1) is 0 Å². The fourth-order valence-electron chi connectivity index (χ4n) is 1.93. The first-order valence-corrected chi connectivity index (χ1v) is 5.66. The molecule has 6 N–H and O–H groups in total. The van der Waals surface area contributed by atoms with Crippen LogP contribution in [0.5, 0.6) is 0 Å². The van der Waals surface area contributed by atoms with Crippen molar-refractivity contribution in [3.05, 3.63) is 34.9 Å². The van der Waals surface area contributed by atoms with Gasteiger partial charge < -0.3 is 11.1 Å². The lowest BCUT2D eigenvalue weighted by molar-refractivity contribution is 0.204. The van der Waals surface area contributed by atoms with E-state index in [9.17, 15) is 0 Å². The Morgan fingerprint density at radius 2 is 1.82 bits per heavy atom. The Balaban J connectivity index is 2.38. The molecular weight excluding hydrogens is 238 g/mol. The molecule has 0 spiro atoms. The lowest BCUT2D eigenvalue weighted by atomic mass is 10.0. The quantitative estimate of drug-likeness (QED) is 0.592. The number of hydrogen-bond acceptors (Lipinski definition) is 5. The molecule has 17 heavy (non-hydrogen) atoms. The Bertz CT molecular complexity index is 453. The number of aliphatic imine (C=N–C) groups is 1. The van der Waals surface area contributed by atoms with Gasteiger partial charge in [0.15, 0.2) is 11.7 Å². The fraction of sp³-hybridized carbons (Fsp3) is 0.364. The van der Waals surface area contributed by atoms with Crippen LogP contribution in [0.25, 0.3) is 0 Å². The lowest BCUT2D eigenvalue weighted by Gasteiger charge is -2.42. The molecule has 0 saturated carbocycles. The molecule has 1 heterocycles. The molecule has 1 aliphatic heterocycles. The molecular formula is C11H16ClN5. The van der Waals surface area contributed by atoms with Crippen molar-refractivity contribution >= 4 is 17.6 Å². The summed E-state index contributed by atoms with van der Waals surface area (Å²) in [6.07, 6.45) is 0. The molecule has 0 bridgehead atoms. The number of nitrogens with zero attached hydrogens (tertiary/aromatic N) is 1. The largest absolute Gasteiger partial charge is 0.370 e. The van der Waals surface area contributed by atoms with Crippen LogP contribution in [0.1, 0.15) is 19.4 Å². The van der Waals surface area contributed by atoms with Gasteiger partial charge in [-0.2, -0.15) is 0 Å². The second kappa shape index (κ2) is 3.87. The summed E-state index contributed by atoms with van der Waals surface area (Å²) in [5.41, 5.74) is 12.3. The van der Waals surface area contributed by atoms with Crippen LogP contribution in [0.15, 0.2) is 29.3 Å². The Labute approximate surface area is 105 Å². The summed E-state index contributed by atoms with van der Waals surface area (Å²) in [6.45, 7) is 3.80. The molecule has 1 unspecified atom stereocenters. The number of nitrogens with one attached hydrogen (secondary N) is 2. The molecule has 0 saturated heterocycles. The highest BCUT2D eigenvalue weighted by atomic mass is 35.5. The van der Waals surface area contributed by atoms with Crippen LogP contribution >= 0.6 is 11.6 Å². The van der Waals surface area contributed by atoms with Gasteiger partial charge in [-0.3, -0.25) is 11.1 Å². The normalized spacial score (nSPS) is 27.2. The summed E-state index contributed by atoms with van der Waals surface area (Å²) in [7, 11) is 0. The molecule has 0 amide bonds. The molecule has 1 aliphatic rings. The zero-order valence-corrected chi connectivity index (χ0v) is 10.5. The van der Waals surface area contributed by atoms with Crippen LogP contribution < -0.4 is 22.1 Å². The van der Waals surface area contributed by atoms with Crippen LogP contribution in [0.3, 0.4) is 0 Å². The fourth-order valence-corrected chi connectivity index (χ4v) is 2.06. The van der Waals surface area contributed by atoms with Crippen LogP contribution in [-0.4, -0.2) is 11.6 Å². The Kier molecular flexibility index (Phi) is 2.77. The highest BCUT2D eigenvalue weighted by Crippen LogP contribution is 2.22. The van der Waals surface area contributed by atoms with Gasteiger partial charge in [-0.1, -0.05) is 23.7 Å². The summed E-state index contributed by atoms with van der Waals surface area (Å²) < 4.78 is 0. The minimum atomic E-state index is -0.945. The van der Waals surface area contributed by atoms with Crippen molar-refractivity contribution in [3.63, 3.8) is 0 Å². The van der Waals surface area contributed by atoms with Crippen LogP contribution in [0.2, 0.25) is 5.02 Å². The van der Waals surface area contributed by atoms with Crippen molar-refractivity contribution in [3.8, 4) is 0 Å². The van der Waals surface area contributed by atoms with Crippen LogP contribution in [-0.2, 0) is 5.79 Å². The van der Waals surface area contributed by atoms with Gasteiger partial charge in [0, 0.05) is 10.6 Å². The van der Waals surface area contributed by atoms with E-state index < -0.39 is 11.4 Å². The first kappa shape index (κ1) is 12.2. The van der Waals surface area contributed by atoms with Crippen molar-refractivity contribution in [2.45, 2.75) is 25.3 Å². The van der Waals surface area contributed by atoms with E-state index in [2.05, 4.69) is 15.6 Å². The highest BCUT2D eigenvalue weighted by Gasteiger charge is 2.37. The summed E-state index contributed by atoms with van der Waals surface area (Å²) in [6, 6.07) is 7.25. The van der Waals surface area contributed by atoms with E-state index in [-0.39, 0.29) is 0 Å². The maximum absolute atomic E-state index is 6.27. The van der Waals surface area contributed by atoms with Gasteiger partial charge in [0.05, 0.1) is 0 Å². The van der Waals surface area contributed by atoms with E-state index in [1.165, 1.54) is 0 Å². The van der Waals surface area contributed by atoms with Crippen molar-refractivity contribution in [2.75, 3.05) is 0 Å². The number of halogens is 1. The molecule has 6 heteroatoms. The molecule has 92 valence electrons. The summed E-state index contributed by atoms with van der Waals surface area (Å²) >= 11 is 5.85. The smallest absolute Gasteiger partial charge is 0.193 e. The van der Waals surface area contributed by atoms with E-state index in [0.717, 1.165) is 5.56 Å². The molecule has 1 atom stereocenters. The highest BCUT2D eigenvalue weighted by molar-refractivity contribution is 6.30. The molecule has 2 rings (SSSR count). The third-order valence-corrected chi connectivity index (χ3v) is 2.78. The number of nitrogens with two attached hydrogens (primary N) is 2. The molecule has 0 fully saturated rings. The summed E-state index contributed by atoms with van der Waals surface area (Å²) in [5.74, 6) is -0.633. The average Bonchev–Trinajstić information content (AvgIpc) is 2.14. The second-order valence-corrected chi connectivity index (χ2v) is 5.06. The van der Waals surface area contributed by atoms with E-state index in [1.54, 1.807) is 12.1 Å². The van der Waals surface area contributed by atoms with Gasteiger partial charge in [0.25, 0.3) is 0 Å². The number of hydrogen-bond donors (Lipinski definition) is 4. The van der Waals surface area contributed by atoms with Crippen molar-refractivity contribution in [2.24, 2.45) is 16.5 Å². The Hall–Kier alpha value is -1.30. The van der Waals surface area contributed by atoms with Gasteiger partial charge in [0.1, 0.15) is 5.66 Å². The topological polar surface area (TPSA) is 88.5 Å². The SMILES string of the molecule is CC1(C)N=C(N)NC(N)(c2ccc(Cl)cc2)N1. The maximum atomic E-state index is 6.27. The third-order valence-electron chi connectivity index (χ3n) is 2.53. The van der Waals surface area contributed by atoms with E-state index >= 15 is 0 Å². The van der Waals surface area contributed by atoms with E-state index in [0.29, 0.717) is 11.0 Å². The Morgan fingerprint density at radius 3 is 2.35 bits per heavy atom. The van der Waals surface area contributed by atoms with Crippen molar-refractivity contribution in [1.82, 2.24) is 10.6 Å². The summed E-state index contributed by atoms with van der Waals surface area (Å²) in [4.78, 5) is 4.22. The van der Waals surface area contributed by atoms with Gasteiger partial charge in [-0.05, 0) is 26.0 Å². The maximum Gasteiger partial charge on any atom is 0.193 e. The average molecular weight is 254 g/mol. The number of guanidine groups is 1. The molecule has 1 aromatic rings. The Morgan fingerprint density at radius 1 is 1.24 bits per heavy atom. The molecule has 0 aliphatic carbocycles. The monoisotopic (exact) mass is 253 g/mol. The summed E-state index contributed by atoms with van der Waals surface area (Å²) in [5, 5.41) is 6.79. The standard InChI is InChI=1S/C11H16ClN5/c1-10(2)15-9(13)16-11(14,17-10)7-3-5-8(12)6-4-7/h3-6,17H,14H2,1-2H3,(H3,13,15,16). The molecule has 0 aromatic heterocycles. The third kappa shape index (κ3) is 2.52. The second-order valence-electron chi connectivity index (χ2n) is 4.62. The first-order chi connectivity index (χ1) is 7.81. The predicted molar refractivity (Wildman–Crippen MR) is 69.3 cm³/mol. The van der Waals surface area contributed by atoms with Gasteiger partial charge >= 0.3 is 0 Å². The zero-order chi connectivity index (χ0) is 12.7. The zero-order valence-electron chi connectivity index (χ0n) is 9.79. The first-order valence-electron chi connectivity index (χ1n) is 5.28. The minimum Gasteiger partial charge on any atom is -0.370 e. The number of benzene rings is 1. The van der Waals surface area contributed by atoms with Crippen molar-refractivity contribution in [1.29, 1.82) is 0 Å². The molecule has 1 aromatic carbocycles. The van der Waals surface area contributed by atoms with Gasteiger partial charge in [0.2, 0.25) is 0 Å². The minimum absolute atomic E-state index is 0.311. The van der Waals surface area contributed by atoms with Crippen molar-refractivity contribution < 1.29 is 0 Å². The van der Waals surface area contributed by atoms with Gasteiger partial charge in [-0.25, -0.2) is 4.99 Å². The van der Waals surface area contributed by atoms with Gasteiger partial charge in [-0.15, -0.1) is 0 Å². The van der Waals surface area contributed by atoms with Crippen LogP contribution in [0.4, 0.5) is 0 Å². The van der Waals surface area contributed by atoms with E-state index in [1.807, 2.05) is 26.0 Å². The van der Waals surface area contributed by atoms with E-state index in [4.69, 9.17) is 23.1 Å². The predicted octanol–water partition coefficient (Wildman–Crippen LogP) is 0.653. The molecule has 5 nitrogen and oxygen atoms in total.